The van der Waals surface area contributed by atoms with E-state index >= 15 is 0 Å². The van der Waals surface area contributed by atoms with Crippen LogP contribution in [0.3, 0.4) is 0 Å². The Labute approximate surface area is 188 Å². The van der Waals surface area contributed by atoms with Gasteiger partial charge in [0.2, 0.25) is 0 Å². The standard InChI is InChI=1S/C25H30N4O3/c1-16-9-6-7-10-20(16)24(30)26-22-15-19(25(31)32)12-13-23(22)28(4)14-8-11-21-17(2)27-29(5)18(21)3/h6-7,9-10,12-13,15H,8,11,14H2,1-5H3,(H,26,30)(H,31,32). The van der Waals surface area contributed by atoms with Crippen molar-refractivity contribution in [1.82, 2.24) is 9.78 Å². The van der Waals surface area contributed by atoms with Crippen molar-refractivity contribution in [1.29, 1.82) is 0 Å². The predicted octanol–water partition coefficient (Wildman–Crippen LogP) is 4.36. The fraction of sp³-hybridized carbons (Fsp3) is 0.320. The largest absolute Gasteiger partial charge is 0.478 e. The first-order chi connectivity index (χ1) is 15.2. The zero-order valence-corrected chi connectivity index (χ0v) is 19.3. The maximum Gasteiger partial charge on any atom is 0.335 e. The highest BCUT2D eigenvalue weighted by Crippen LogP contribution is 2.28. The molecule has 0 spiro atoms. The minimum absolute atomic E-state index is 0.129. The summed E-state index contributed by atoms with van der Waals surface area (Å²) >= 11 is 0. The molecule has 2 aromatic carbocycles. The average Bonchev–Trinajstić information content (AvgIpc) is 2.99. The predicted molar refractivity (Wildman–Crippen MR) is 127 cm³/mol. The number of rotatable bonds is 8. The summed E-state index contributed by atoms with van der Waals surface area (Å²) in [5, 5.41) is 16.8. The first-order valence-corrected chi connectivity index (χ1v) is 10.6. The van der Waals surface area contributed by atoms with E-state index in [1.54, 1.807) is 18.2 Å². The van der Waals surface area contributed by atoms with Crippen molar-refractivity contribution in [3.63, 3.8) is 0 Å². The summed E-state index contributed by atoms with van der Waals surface area (Å²) in [6.07, 6.45) is 1.80. The number of benzene rings is 2. The lowest BCUT2D eigenvalue weighted by molar-refractivity contribution is 0.0696. The Morgan fingerprint density at radius 3 is 2.47 bits per heavy atom. The molecule has 3 aromatic rings. The number of amides is 1. The van der Waals surface area contributed by atoms with Gasteiger partial charge in [0, 0.05) is 31.9 Å². The molecule has 0 radical (unpaired) electrons. The van der Waals surface area contributed by atoms with Gasteiger partial charge in [-0.2, -0.15) is 5.10 Å². The number of carboxylic acids is 1. The van der Waals surface area contributed by atoms with E-state index in [1.165, 1.54) is 17.3 Å². The summed E-state index contributed by atoms with van der Waals surface area (Å²) in [6, 6.07) is 12.1. The van der Waals surface area contributed by atoms with Crippen LogP contribution < -0.4 is 10.2 Å². The number of anilines is 2. The van der Waals surface area contributed by atoms with Crippen LogP contribution in [0.2, 0.25) is 0 Å². The maximum absolute atomic E-state index is 12.9. The third kappa shape index (κ3) is 4.99. The molecule has 0 saturated carbocycles. The smallest absolute Gasteiger partial charge is 0.335 e. The second kappa shape index (κ2) is 9.68. The average molecular weight is 435 g/mol. The molecule has 0 aliphatic rings. The van der Waals surface area contributed by atoms with Gasteiger partial charge in [-0.15, -0.1) is 0 Å². The van der Waals surface area contributed by atoms with Gasteiger partial charge in [0.05, 0.1) is 22.6 Å². The highest BCUT2D eigenvalue weighted by atomic mass is 16.4. The number of aryl methyl sites for hydroxylation is 3. The molecule has 7 nitrogen and oxygen atoms in total. The van der Waals surface area contributed by atoms with E-state index in [4.69, 9.17) is 0 Å². The van der Waals surface area contributed by atoms with Crippen molar-refractivity contribution in [3.05, 3.63) is 76.1 Å². The molecule has 0 aliphatic heterocycles. The van der Waals surface area contributed by atoms with Gasteiger partial charge < -0.3 is 15.3 Å². The molecule has 1 heterocycles. The summed E-state index contributed by atoms with van der Waals surface area (Å²) in [5.41, 5.74) is 6.28. The van der Waals surface area contributed by atoms with Gasteiger partial charge in [-0.25, -0.2) is 4.79 Å². The normalized spacial score (nSPS) is 10.8. The summed E-state index contributed by atoms with van der Waals surface area (Å²) in [6.45, 7) is 6.71. The number of aromatic carboxylic acids is 1. The second-order valence-corrected chi connectivity index (χ2v) is 8.10. The van der Waals surface area contributed by atoms with Gasteiger partial charge in [0.1, 0.15) is 0 Å². The number of hydrogen-bond acceptors (Lipinski definition) is 4. The van der Waals surface area contributed by atoms with E-state index in [1.807, 2.05) is 55.7 Å². The van der Waals surface area contributed by atoms with Crippen LogP contribution in [-0.4, -0.2) is 40.4 Å². The first kappa shape index (κ1) is 23.1. The van der Waals surface area contributed by atoms with Crippen LogP contribution in [0.5, 0.6) is 0 Å². The lowest BCUT2D eigenvalue weighted by Crippen LogP contribution is -2.22. The summed E-state index contributed by atoms with van der Waals surface area (Å²) in [7, 11) is 3.90. The SMILES string of the molecule is Cc1ccccc1C(=O)Nc1cc(C(=O)O)ccc1N(C)CCCc1c(C)nn(C)c1C. The highest BCUT2D eigenvalue weighted by molar-refractivity contribution is 6.07. The zero-order chi connectivity index (χ0) is 23.4. The number of carboxylic acid groups (broad SMARTS) is 1. The minimum Gasteiger partial charge on any atom is -0.478 e. The van der Waals surface area contributed by atoms with E-state index in [0.717, 1.165) is 36.3 Å². The molecule has 1 aromatic heterocycles. The van der Waals surface area contributed by atoms with Crippen molar-refractivity contribution >= 4 is 23.3 Å². The Morgan fingerprint density at radius 2 is 1.84 bits per heavy atom. The van der Waals surface area contributed by atoms with Crippen LogP contribution >= 0.6 is 0 Å². The van der Waals surface area contributed by atoms with E-state index in [-0.39, 0.29) is 11.5 Å². The molecule has 1 amide bonds. The molecule has 0 bridgehead atoms. The Balaban J connectivity index is 1.79. The third-order valence-corrected chi connectivity index (χ3v) is 5.87. The molecular formula is C25H30N4O3. The Hall–Kier alpha value is -3.61. The molecule has 32 heavy (non-hydrogen) atoms. The van der Waals surface area contributed by atoms with E-state index in [0.29, 0.717) is 11.3 Å². The Morgan fingerprint density at radius 1 is 1.12 bits per heavy atom. The Kier molecular flexibility index (Phi) is 6.98. The van der Waals surface area contributed by atoms with Crippen LogP contribution in [-0.2, 0) is 13.5 Å². The molecule has 7 heteroatoms. The van der Waals surface area contributed by atoms with Crippen LogP contribution in [0, 0.1) is 20.8 Å². The molecule has 3 rings (SSSR count). The van der Waals surface area contributed by atoms with Gasteiger partial charge >= 0.3 is 5.97 Å². The third-order valence-electron chi connectivity index (χ3n) is 5.87. The van der Waals surface area contributed by atoms with E-state index in [9.17, 15) is 14.7 Å². The summed E-state index contributed by atoms with van der Waals surface area (Å²) < 4.78 is 1.90. The minimum atomic E-state index is -1.03. The number of nitrogens with zero attached hydrogens (tertiary/aromatic N) is 3. The van der Waals surface area contributed by atoms with Crippen molar-refractivity contribution in [3.8, 4) is 0 Å². The molecule has 2 N–H and O–H groups in total. The van der Waals surface area contributed by atoms with E-state index < -0.39 is 5.97 Å². The quantitative estimate of drug-likeness (QED) is 0.550. The van der Waals surface area contributed by atoms with Crippen molar-refractivity contribution in [2.75, 3.05) is 23.8 Å². The fourth-order valence-electron chi connectivity index (χ4n) is 3.91. The van der Waals surface area contributed by atoms with Crippen molar-refractivity contribution < 1.29 is 14.7 Å². The molecule has 0 atom stereocenters. The van der Waals surface area contributed by atoms with E-state index in [2.05, 4.69) is 17.3 Å². The molecule has 0 unspecified atom stereocenters. The molecular weight excluding hydrogens is 404 g/mol. The molecule has 168 valence electrons. The number of carbonyl (C=O) groups excluding carboxylic acids is 1. The van der Waals surface area contributed by atoms with Gasteiger partial charge in [0.25, 0.3) is 5.91 Å². The molecule has 0 aliphatic carbocycles. The van der Waals surface area contributed by atoms with Crippen LogP contribution in [0.1, 0.15) is 49.7 Å². The highest BCUT2D eigenvalue weighted by Gasteiger charge is 2.16. The topological polar surface area (TPSA) is 87.5 Å². The monoisotopic (exact) mass is 434 g/mol. The molecule has 0 fully saturated rings. The second-order valence-electron chi connectivity index (χ2n) is 8.10. The lowest BCUT2D eigenvalue weighted by Gasteiger charge is -2.23. The van der Waals surface area contributed by atoms with Crippen molar-refractivity contribution in [2.24, 2.45) is 7.05 Å². The van der Waals surface area contributed by atoms with Crippen LogP contribution in [0.15, 0.2) is 42.5 Å². The maximum atomic E-state index is 12.9. The lowest BCUT2D eigenvalue weighted by atomic mass is 10.1. The van der Waals surface area contributed by atoms with Gasteiger partial charge in [-0.1, -0.05) is 18.2 Å². The Bertz CT molecular complexity index is 1150. The summed E-state index contributed by atoms with van der Waals surface area (Å²) in [5.74, 6) is -1.30. The zero-order valence-electron chi connectivity index (χ0n) is 19.3. The van der Waals surface area contributed by atoms with Gasteiger partial charge in [0.15, 0.2) is 0 Å². The molecule has 0 saturated heterocycles. The number of hydrogen-bond donors (Lipinski definition) is 2. The fourth-order valence-corrected chi connectivity index (χ4v) is 3.91. The van der Waals surface area contributed by atoms with Gasteiger partial charge in [-0.05, 0) is 69.0 Å². The number of nitrogens with one attached hydrogen (secondary N) is 1. The van der Waals surface area contributed by atoms with Gasteiger partial charge in [-0.3, -0.25) is 9.48 Å². The van der Waals surface area contributed by atoms with Crippen molar-refractivity contribution in [2.45, 2.75) is 33.6 Å². The summed E-state index contributed by atoms with van der Waals surface area (Å²) in [4.78, 5) is 26.4. The number of aromatic nitrogens is 2. The number of carbonyl (C=O) groups is 2. The first-order valence-electron chi connectivity index (χ1n) is 10.6. The van der Waals surface area contributed by atoms with Crippen LogP contribution in [0.4, 0.5) is 11.4 Å². The van der Waals surface area contributed by atoms with Crippen LogP contribution in [0.25, 0.3) is 0 Å².